The molecule has 2 atom stereocenters. The number of aliphatic imine (C=N–C) groups is 1. The van der Waals surface area contributed by atoms with Gasteiger partial charge < -0.3 is 15.6 Å². The second-order valence-corrected chi connectivity index (χ2v) is 9.64. The minimum atomic E-state index is -0.106. The summed E-state index contributed by atoms with van der Waals surface area (Å²) in [5.41, 5.74) is 8.30. The maximum absolute atomic E-state index is 12.5. The second kappa shape index (κ2) is 12.2. The van der Waals surface area contributed by atoms with E-state index < -0.39 is 0 Å². The van der Waals surface area contributed by atoms with Crippen molar-refractivity contribution < 1.29 is 4.79 Å². The van der Waals surface area contributed by atoms with E-state index in [2.05, 4.69) is 38.7 Å². The topological polar surface area (TPSA) is 159 Å². The zero-order valence-electron chi connectivity index (χ0n) is 20.2. The lowest BCUT2D eigenvalue weighted by molar-refractivity contribution is 0.0920. The summed E-state index contributed by atoms with van der Waals surface area (Å²) < 4.78 is 2.31. The summed E-state index contributed by atoms with van der Waals surface area (Å²) in [4.78, 5) is 29.8. The number of nitriles is 1. The summed E-state index contributed by atoms with van der Waals surface area (Å²) in [7, 11) is 0. The first-order chi connectivity index (χ1) is 16.9. The molecule has 0 spiro atoms. The Morgan fingerprint density at radius 2 is 2.23 bits per heavy atom. The van der Waals surface area contributed by atoms with Crippen LogP contribution in [-0.4, -0.2) is 43.6 Å². The Morgan fingerprint density at radius 1 is 1.46 bits per heavy atom. The van der Waals surface area contributed by atoms with Crippen molar-refractivity contribution in [3.05, 3.63) is 40.4 Å². The number of aromatic nitrogens is 4. The molecule has 3 aromatic heterocycles. The largest absolute Gasteiger partial charge is 0.382 e. The Balaban J connectivity index is 0.00000108. The van der Waals surface area contributed by atoms with Gasteiger partial charge in [-0.1, -0.05) is 13.8 Å². The standard InChI is InChI=1S/C22H28N8OS.C2H3N/c1-13(2)8-19-29-17-11-26-16(20(24)27-12-23)10-18(17)30(19)15-5-3-4-14(9-15)28-21(31)22-25-6-7-32-22;1-2-3/h6-7,10-15H,3-5,8-9H2,1-2H3,(H,28,31)(H3,23,24,27);1H3. The molecule has 184 valence electrons. The highest BCUT2D eigenvalue weighted by Gasteiger charge is 2.28. The summed E-state index contributed by atoms with van der Waals surface area (Å²) >= 11 is 1.35. The molecule has 0 radical (unpaired) electrons. The second-order valence-electron chi connectivity index (χ2n) is 8.75. The van der Waals surface area contributed by atoms with E-state index in [9.17, 15) is 4.79 Å². The van der Waals surface area contributed by atoms with Crippen molar-refractivity contribution in [3.8, 4) is 6.07 Å². The van der Waals surface area contributed by atoms with Gasteiger partial charge in [-0.2, -0.15) is 5.26 Å². The maximum Gasteiger partial charge on any atom is 0.280 e. The van der Waals surface area contributed by atoms with Crippen LogP contribution < -0.4 is 11.1 Å². The molecule has 1 saturated carbocycles. The van der Waals surface area contributed by atoms with E-state index in [-0.39, 0.29) is 23.8 Å². The Labute approximate surface area is 208 Å². The summed E-state index contributed by atoms with van der Waals surface area (Å²) in [6.45, 7) is 5.79. The molecule has 3 aromatic rings. The van der Waals surface area contributed by atoms with Crippen LogP contribution in [-0.2, 0) is 6.42 Å². The highest BCUT2D eigenvalue weighted by atomic mass is 32.1. The number of nitrogens with two attached hydrogens (primary N) is 1. The molecule has 1 aliphatic rings. The molecule has 1 amide bonds. The maximum atomic E-state index is 12.5. The van der Waals surface area contributed by atoms with Crippen molar-refractivity contribution in [2.24, 2.45) is 16.6 Å². The average Bonchev–Trinajstić information content (AvgIpc) is 3.47. The van der Waals surface area contributed by atoms with E-state index in [1.54, 1.807) is 18.5 Å². The Kier molecular flexibility index (Phi) is 9.03. The van der Waals surface area contributed by atoms with E-state index >= 15 is 0 Å². The third-order valence-electron chi connectivity index (χ3n) is 5.68. The van der Waals surface area contributed by atoms with E-state index in [4.69, 9.17) is 21.4 Å². The molecule has 2 unspecified atom stereocenters. The number of rotatable bonds is 7. The monoisotopic (exact) mass is 493 g/mol. The lowest BCUT2D eigenvalue weighted by Crippen LogP contribution is -2.39. The predicted molar refractivity (Wildman–Crippen MR) is 138 cm³/mol. The van der Waals surface area contributed by atoms with Crippen molar-refractivity contribution in [1.29, 1.82) is 10.7 Å². The molecule has 0 aliphatic heterocycles. The molecule has 0 aromatic carbocycles. The van der Waals surface area contributed by atoms with Crippen LogP contribution in [0.25, 0.3) is 11.0 Å². The molecule has 3 heterocycles. The quantitative estimate of drug-likeness (QED) is 0.335. The van der Waals surface area contributed by atoms with Gasteiger partial charge in [0.05, 0.1) is 17.8 Å². The lowest BCUT2D eigenvalue weighted by Gasteiger charge is -2.32. The van der Waals surface area contributed by atoms with Gasteiger partial charge in [0.2, 0.25) is 0 Å². The van der Waals surface area contributed by atoms with Crippen LogP contribution in [0.15, 0.2) is 28.8 Å². The zero-order valence-corrected chi connectivity index (χ0v) is 21.0. The van der Waals surface area contributed by atoms with Gasteiger partial charge >= 0.3 is 0 Å². The van der Waals surface area contributed by atoms with Crippen molar-refractivity contribution in [3.63, 3.8) is 0 Å². The van der Waals surface area contributed by atoms with Crippen LogP contribution in [0.5, 0.6) is 0 Å². The lowest BCUT2D eigenvalue weighted by atomic mass is 9.90. The third-order valence-corrected chi connectivity index (χ3v) is 6.45. The van der Waals surface area contributed by atoms with Gasteiger partial charge in [-0.05, 0) is 37.7 Å². The SMILES string of the molecule is CC#N.CC(C)Cc1nc2cnc(C(N)=NC=N)cc2n1C1CCCC(NC(=O)c2nccs2)C1. The molecule has 1 fully saturated rings. The normalized spacial score (nSPS) is 18.0. The Morgan fingerprint density at radius 3 is 2.89 bits per heavy atom. The fourth-order valence-corrected chi connectivity index (χ4v) is 4.89. The first-order valence-corrected chi connectivity index (χ1v) is 12.5. The summed E-state index contributed by atoms with van der Waals surface area (Å²) in [5, 5.41) is 20.0. The number of carbonyl (C=O) groups excluding carboxylic acids is 1. The smallest absolute Gasteiger partial charge is 0.280 e. The minimum Gasteiger partial charge on any atom is -0.382 e. The van der Waals surface area contributed by atoms with E-state index in [1.807, 2.05) is 11.4 Å². The van der Waals surface area contributed by atoms with Gasteiger partial charge in [-0.3, -0.25) is 15.2 Å². The summed E-state index contributed by atoms with van der Waals surface area (Å²) in [6.07, 6.45) is 8.95. The molecule has 35 heavy (non-hydrogen) atoms. The van der Waals surface area contributed by atoms with Crippen LogP contribution in [0.3, 0.4) is 0 Å². The molecular weight excluding hydrogens is 462 g/mol. The first kappa shape index (κ1) is 26.0. The first-order valence-electron chi connectivity index (χ1n) is 11.6. The zero-order chi connectivity index (χ0) is 25.4. The van der Waals surface area contributed by atoms with Crippen molar-refractivity contribution in [2.75, 3.05) is 0 Å². The number of hydrogen-bond donors (Lipinski definition) is 3. The minimum absolute atomic E-state index is 0.0837. The number of thiazole rings is 1. The van der Waals surface area contributed by atoms with Gasteiger partial charge in [0, 0.05) is 37.0 Å². The molecule has 11 heteroatoms. The van der Waals surface area contributed by atoms with Crippen molar-refractivity contribution >= 4 is 40.5 Å². The molecule has 1 aliphatic carbocycles. The fourth-order valence-electron chi connectivity index (χ4n) is 4.35. The molecule has 4 rings (SSSR count). The van der Waals surface area contributed by atoms with Crippen molar-refractivity contribution in [2.45, 2.75) is 65.0 Å². The third kappa shape index (κ3) is 6.48. The number of pyridine rings is 1. The van der Waals surface area contributed by atoms with Crippen LogP contribution >= 0.6 is 11.3 Å². The van der Waals surface area contributed by atoms with Crippen LogP contribution in [0.2, 0.25) is 0 Å². The van der Waals surface area contributed by atoms with Crippen LogP contribution in [0, 0.1) is 22.7 Å². The fraction of sp³-hybridized carbons (Fsp3) is 0.458. The van der Waals surface area contributed by atoms with E-state index in [0.717, 1.165) is 55.3 Å². The van der Waals surface area contributed by atoms with Crippen LogP contribution in [0.1, 0.15) is 73.8 Å². The Hall–Kier alpha value is -3.65. The van der Waals surface area contributed by atoms with Crippen LogP contribution in [0.4, 0.5) is 0 Å². The highest BCUT2D eigenvalue weighted by Crippen LogP contribution is 2.34. The summed E-state index contributed by atoms with van der Waals surface area (Å²) in [5.74, 6) is 1.57. The number of nitrogens with one attached hydrogen (secondary N) is 2. The molecule has 4 N–H and O–H groups in total. The number of amidine groups is 1. The molecule has 0 bridgehead atoms. The number of imidazole rings is 1. The number of nitrogens with zero attached hydrogens (tertiary/aromatic N) is 6. The van der Waals surface area contributed by atoms with Crippen molar-refractivity contribution in [1.82, 2.24) is 24.8 Å². The number of hydrogen-bond acceptors (Lipinski definition) is 7. The molecule has 0 saturated heterocycles. The number of fused-ring (bicyclic) bond motifs is 1. The van der Waals surface area contributed by atoms with E-state index in [0.29, 0.717) is 16.6 Å². The van der Waals surface area contributed by atoms with E-state index in [1.165, 1.54) is 18.3 Å². The highest BCUT2D eigenvalue weighted by molar-refractivity contribution is 7.11. The predicted octanol–water partition coefficient (Wildman–Crippen LogP) is 3.84. The van der Waals surface area contributed by atoms with Gasteiger partial charge in [0.25, 0.3) is 5.91 Å². The van der Waals surface area contributed by atoms with Gasteiger partial charge in [-0.15, -0.1) is 11.3 Å². The molecular formula is C24H31N9OS. The van der Waals surface area contributed by atoms with Gasteiger partial charge in [-0.25, -0.2) is 15.0 Å². The Bertz CT molecular complexity index is 1220. The summed E-state index contributed by atoms with van der Waals surface area (Å²) in [6, 6.07) is 3.95. The van der Waals surface area contributed by atoms with Gasteiger partial charge in [0.1, 0.15) is 23.4 Å². The number of amides is 1. The molecule has 10 nitrogen and oxygen atoms in total. The number of carbonyl (C=O) groups is 1. The van der Waals surface area contributed by atoms with Gasteiger partial charge in [0.15, 0.2) is 10.8 Å². The average molecular weight is 494 g/mol.